The molecule has 9 heteroatoms. The Kier molecular flexibility index (Phi) is 8.30. The van der Waals surface area contributed by atoms with E-state index >= 15 is 0 Å². The highest BCUT2D eigenvalue weighted by Gasteiger charge is 2.36. The molecular formula is C18H24N2O5S2. The van der Waals surface area contributed by atoms with E-state index < -0.39 is 0 Å². The van der Waals surface area contributed by atoms with Crippen LogP contribution in [0.5, 0.6) is 0 Å². The first-order chi connectivity index (χ1) is 13.0. The predicted octanol–water partition coefficient (Wildman–Crippen LogP) is 2.00. The van der Waals surface area contributed by atoms with E-state index in [9.17, 15) is 19.2 Å². The topological polar surface area (TPSA) is 85.7 Å². The van der Waals surface area contributed by atoms with Crippen LogP contribution in [-0.4, -0.2) is 33.6 Å². The first-order valence-corrected chi connectivity index (χ1v) is 10.7. The lowest BCUT2D eigenvalue weighted by atomic mass is 10.1. The second kappa shape index (κ2) is 10.5. The van der Waals surface area contributed by atoms with E-state index in [1.165, 1.54) is 28.7 Å². The quantitative estimate of drug-likeness (QED) is 0.432. The molecule has 0 saturated carbocycles. The van der Waals surface area contributed by atoms with Gasteiger partial charge in [0.05, 0.1) is 4.53 Å². The first-order valence-electron chi connectivity index (χ1n) is 9.04. The monoisotopic (exact) mass is 412 g/mol. The van der Waals surface area contributed by atoms with Gasteiger partial charge < -0.3 is 4.74 Å². The van der Waals surface area contributed by atoms with Crippen molar-refractivity contribution >= 4 is 51.7 Å². The van der Waals surface area contributed by atoms with Crippen molar-refractivity contribution in [2.45, 2.75) is 59.1 Å². The summed E-state index contributed by atoms with van der Waals surface area (Å²) in [5, 5.41) is -0.325. The van der Waals surface area contributed by atoms with Gasteiger partial charge in [0.15, 0.2) is 6.73 Å². The number of thioether (sulfide) groups is 1. The van der Waals surface area contributed by atoms with Crippen molar-refractivity contribution in [3.63, 3.8) is 0 Å². The highest BCUT2D eigenvalue weighted by atomic mass is 32.2. The number of carbonyl (C=O) groups excluding carboxylic acids is 3. The summed E-state index contributed by atoms with van der Waals surface area (Å²) in [6.07, 6.45) is 8.01. The van der Waals surface area contributed by atoms with Gasteiger partial charge in [0.25, 0.3) is 23.2 Å². The summed E-state index contributed by atoms with van der Waals surface area (Å²) in [5.74, 6) is -0.387. The summed E-state index contributed by atoms with van der Waals surface area (Å²) in [4.78, 5) is 49.3. The van der Waals surface area contributed by atoms with Crippen LogP contribution in [-0.2, 0) is 21.1 Å². The van der Waals surface area contributed by atoms with Crippen LogP contribution in [0.1, 0.15) is 52.4 Å². The zero-order valence-electron chi connectivity index (χ0n) is 15.6. The van der Waals surface area contributed by atoms with Gasteiger partial charge in [-0.3, -0.25) is 28.6 Å². The summed E-state index contributed by atoms with van der Waals surface area (Å²) in [6.45, 7) is 4.21. The molecule has 0 atom stereocenters. The Bertz CT molecular complexity index is 871. The summed E-state index contributed by atoms with van der Waals surface area (Å²) in [5.41, 5.74) is -0.345. The number of imide groups is 1. The van der Waals surface area contributed by atoms with Gasteiger partial charge in [0.1, 0.15) is 9.57 Å². The van der Waals surface area contributed by atoms with Gasteiger partial charge in [-0.2, -0.15) is 0 Å². The van der Waals surface area contributed by atoms with E-state index in [4.69, 9.17) is 4.74 Å². The molecule has 0 unspecified atom stereocenters. The molecule has 148 valence electrons. The number of hydrogen-bond donors (Lipinski definition) is 0. The first kappa shape index (κ1) is 21.4. The molecule has 1 aromatic heterocycles. The Morgan fingerprint density at radius 1 is 1.07 bits per heavy atom. The van der Waals surface area contributed by atoms with Gasteiger partial charge in [0.2, 0.25) is 0 Å². The van der Waals surface area contributed by atoms with Crippen LogP contribution < -0.4 is 14.8 Å². The van der Waals surface area contributed by atoms with Crippen LogP contribution in [0.25, 0.3) is 11.0 Å². The summed E-state index contributed by atoms with van der Waals surface area (Å²) in [7, 11) is 0. The number of rotatable bonds is 10. The fourth-order valence-corrected chi connectivity index (χ4v) is 4.82. The molecule has 0 aliphatic carbocycles. The smallest absolute Gasteiger partial charge is 0.294 e. The molecule has 1 saturated heterocycles. The number of nitrogens with zero attached hydrogens (tertiary/aromatic N) is 2. The number of unbranched alkanes of at least 4 members (excludes halogenated alkanes) is 5. The molecule has 0 spiro atoms. The standard InChI is InChI=1S/C18H24N2O5S2/c1-3-5-6-7-8-9-10-19-16(23)14(27-18(19)24)17-20(11-25-12-21)15(22)13(4-2)26-17/h4,12H,3,5-11H2,1-2H3/b13-4+,17-14+. The second-order valence-electron chi connectivity index (χ2n) is 6.11. The van der Waals surface area contributed by atoms with Gasteiger partial charge in [-0.25, -0.2) is 0 Å². The largest absolute Gasteiger partial charge is 0.446 e. The summed E-state index contributed by atoms with van der Waals surface area (Å²) in [6, 6.07) is 0. The van der Waals surface area contributed by atoms with E-state index in [0.717, 1.165) is 42.4 Å². The molecule has 2 amide bonds. The van der Waals surface area contributed by atoms with Crippen molar-refractivity contribution in [2.75, 3.05) is 6.54 Å². The van der Waals surface area contributed by atoms with Gasteiger partial charge in [0, 0.05) is 6.54 Å². The average molecular weight is 413 g/mol. The number of hydrogen-bond acceptors (Lipinski definition) is 7. The Hall–Kier alpha value is -1.87. The van der Waals surface area contributed by atoms with Crippen LogP contribution in [0.4, 0.5) is 4.79 Å². The minimum atomic E-state index is -0.387. The van der Waals surface area contributed by atoms with Crippen LogP contribution >= 0.6 is 23.1 Å². The molecule has 2 heterocycles. The van der Waals surface area contributed by atoms with Gasteiger partial charge in [-0.15, -0.1) is 11.3 Å². The van der Waals surface area contributed by atoms with Crippen molar-refractivity contribution in [1.82, 2.24) is 9.47 Å². The Balaban J connectivity index is 2.22. The molecule has 0 N–H and O–H groups in total. The van der Waals surface area contributed by atoms with Crippen LogP contribution in [0.3, 0.4) is 0 Å². The number of amides is 2. The van der Waals surface area contributed by atoms with E-state index in [1.54, 1.807) is 13.0 Å². The van der Waals surface area contributed by atoms with Crippen molar-refractivity contribution < 1.29 is 19.1 Å². The maximum absolute atomic E-state index is 12.7. The molecule has 1 fully saturated rings. The van der Waals surface area contributed by atoms with Crippen molar-refractivity contribution in [3.05, 3.63) is 19.5 Å². The number of carbonyl (C=O) groups is 3. The Morgan fingerprint density at radius 2 is 1.78 bits per heavy atom. The zero-order valence-corrected chi connectivity index (χ0v) is 17.2. The van der Waals surface area contributed by atoms with Crippen molar-refractivity contribution in [2.24, 2.45) is 0 Å². The Labute approximate surface area is 165 Å². The lowest BCUT2D eigenvalue weighted by molar-refractivity contribution is -0.132. The average Bonchev–Trinajstić information content (AvgIpc) is 3.12. The van der Waals surface area contributed by atoms with Crippen LogP contribution in [0.2, 0.25) is 0 Å². The fourth-order valence-electron chi connectivity index (χ4n) is 2.77. The maximum Gasteiger partial charge on any atom is 0.294 e. The minimum absolute atomic E-state index is 0.218. The number of thiazole rings is 1. The molecule has 1 aliphatic rings. The molecule has 0 bridgehead atoms. The third kappa shape index (κ3) is 5.10. The van der Waals surface area contributed by atoms with Crippen LogP contribution in [0.15, 0.2) is 4.79 Å². The summed E-state index contributed by atoms with van der Waals surface area (Å²) < 4.78 is 6.70. The molecular weight excluding hydrogens is 388 g/mol. The molecule has 2 rings (SSSR count). The van der Waals surface area contributed by atoms with Gasteiger partial charge >= 0.3 is 0 Å². The fraction of sp³-hybridized carbons (Fsp3) is 0.556. The number of ether oxygens (including phenoxy) is 1. The second-order valence-corrected chi connectivity index (χ2v) is 8.10. The Morgan fingerprint density at radius 3 is 2.44 bits per heavy atom. The highest BCUT2D eigenvalue weighted by molar-refractivity contribution is 8.23. The SMILES string of the molecule is C/C=c1/s/c(=C2/SC(=O)N(CCCCCCCC)C2=O)n(COC=O)c1=O. The number of aromatic nitrogens is 1. The molecule has 0 radical (unpaired) electrons. The normalized spacial score (nSPS) is 17.1. The molecule has 7 nitrogen and oxygen atoms in total. The predicted molar refractivity (Wildman–Crippen MR) is 107 cm³/mol. The third-order valence-corrected chi connectivity index (χ3v) is 6.56. The van der Waals surface area contributed by atoms with Crippen molar-refractivity contribution in [1.29, 1.82) is 0 Å². The lowest BCUT2D eigenvalue weighted by Gasteiger charge is -2.11. The van der Waals surface area contributed by atoms with Crippen molar-refractivity contribution in [3.8, 4) is 0 Å². The van der Waals surface area contributed by atoms with E-state index in [-0.39, 0.29) is 34.8 Å². The van der Waals surface area contributed by atoms with Gasteiger partial charge in [-0.1, -0.05) is 45.1 Å². The highest BCUT2D eigenvalue weighted by Crippen LogP contribution is 2.31. The minimum Gasteiger partial charge on any atom is -0.446 e. The zero-order chi connectivity index (χ0) is 19.8. The maximum atomic E-state index is 12.7. The van der Waals surface area contributed by atoms with Crippen LogP contribution in [0, 0.1) is 0 Å². The summed E-state index contributed by atoms with van der Waals surface area (Å²) >= 11 is 1.95. The molecule has 0 aromatic carbocycles. The lowest BCUT2D eigenvalue weighted by Crippen LogP contribution is -2.34. The molecule has 1 aromatic rings. The van der Waals surface area contributed by atoms with Gasteiger partial charge in [-0.05, 0) is 25.1 Å². The van der Waals surface area contributed by atoms with E-state index in [0.29, 0.717) is 15.7 Å². The third-order valence-electron chi connectivity index (χ3n) is 4.22. The molecule has 1 aliphatic heterocycles. The van der Waals surface area contributed by atoms with E-state index in [2.05, 4.69) is 6.92 Å². The molecule has 27 heavy (non-hydrogen) atoms. The van der Waals surface area contributed by atoms with E-state index in [1.807, 2.05) is 0 Å².